The quantitative estimate of drug-likeness (QED) is 0.806. The lowest BCUT2D eigenvalue weighted by atomic mass is 9.91. The van der Waals surface area contributed by atoms with Gasteiger partial charge in [0.1, 0.15) is 10.6 Å². The lowest BCUT2D eigenvalue weighted by molar-refractivity contribution is 0.0686. The smallest absolute Gasteiger partial charge is 0.352 e. The first-order valence-electron chi connectivity index (χ1n) is 6.65. The van der Waals surface area contributed by atoms with Crippen LogP contribution in [0.1, 0.15) is 50.5 Å². The number of rotatable bonds is 7. The Morgan fingerprint density at radius 3 is 2.15 bits per heavy atom. The molecule has 1 heterocycles. The fraction of sp³-hybridized carbons (Fsp3) is 0.615. The number of carboxylic acids is 1. The van der Waals surface area contributed by atoms with E-state index >= 15 is 0 Å². The number of hydrogen-bond acceptors (Lipinski definition) is 3. The Kier molecular flexibility index (Phi) is 4.99. The second kappa shape index (κ2) is 5.97. The summed E-state index contributed by atoms with van der Waals surface area (Å²) in [5.41, 5.74) is -0.543. The number of aryl methyl sites for hydroxylation is 1. The van der Waals surface area contributed by atoms with E-state index in [-0.39, 0.29) is 10.6 Å². The lowest BCUT2D eigenvalue weighted by Gasteiger charge is -2.31. The van der Waals surface area contributed by atoms with Gasteiger partial charge in [0.15, 0.2) is 0 Å². The van der Waals surface area contributed by atoms with Crippen LogP contribution in [0.15, 0.2) is 17.2 Å². The van der Waals surface area contributed by atoms with Crippen LogP contribution in [0.3, 0.4) is 0 Å². The standard InChI is InChI=1S/C13H22N2O4S/c1-5-13(6-2,7-3)14-20(18,19)10-8-11(12(16)17)15(4)9-10/h8-9,14H,5-7H2,1-4H3,(H,16,17). The lowest BCUT2D eigenvalue weighted by Crippen LogP contribution is -2.46. The van der Waals surface area contributed by atoms with Crippen molar-refractivity contribution in [3.8, 4) is 0 Å². The zero-order chi connectivity index (χ0) is 15.6. The van der Waals surface area contributed by atoms with Crippen molar-refractivity contribution in [2.24, 2.45) is 7.05 Å². The van der Waals surface area contributed by atoms with E-state index in [1.807, 2.05) is 20.8 Å². The van der Waals surface area contributed by atoms with Crippen molar-refractivity contribution in [1.29, 1.82) is 0 Å². The molecule has 0 radical (unpaired) electrons. The van der Waals surface area contributed by atoms with Crippen molar-refractivity contribution < 1.29 is 18.3 Å². The molecule has 114 valence electrons. The molecule has 0 amide bonds. The van der Waals surface area contributed by atoms with E-state index < -0.39 is 21.5 Å². The minimum atomic E-state index is -3.72. The van der Waals surface area contributed by atoms with Crippen molar-refractivity contribution >= 4 is 16.0 Å². The van der Waals surface area contributed by atoms with Gasteiger partial charge in [0.25, 0.3) is 0 Å². The Labute approximate surface area is 119 Å². The summed E-state index contributed by atoms with van der Waals surface area (Å²) in [5.74, 6) is -1.15. The Hall–Kier alpha value is -1.34. The second-order valence-electron chi connectivity index (χ2n) is 4.92. The molecule has 0 aliphatic heterocycles. The molecule has 7 heteroatoms. The molecular weight excluding hydrogens is 280 g/mol. The van der Waals surface area contributed by atoms with Crippen molar-refractivity contribution in [1.82, 2.24) is 9.29 Å². The van der Waals surface area contributed by atoms with E-state index in [2.05, 4.69) is 4.72 Å². The maximum absolute atomic E-state index is 12.4. The minimum absolute atomic E-state index is 0.0166. The molecule has 0 aliphatic rings. The average Bonchev–Trinajstić information content (AvgIpc) is 2.79. The van der Waals surface area contributed by atoms with E-state index in [9.17, 15) is 13.2 Å². The number of hydrogen-bond donors (Lipinski definition) is 2. The summed E-state index contributed by atoms with van der Waals surface area (Å²) in [6.45, 7) is 5.80. The average molecular weight is 302 g/mol. The maximum atomic E-state index is 12.4. The van der Waals surface area contributed by atoms with Crippen LogP contribution < -0.4 is 4.72 Å². The van der Waals surface area contributed by atoms with E-state index in [4.69, 9.17) is 5.11 Å². The van der Waals surface area contributed by atoms with Gasteiger partial charge in [0.2, 0.25) is 10.0 Å². The monoisotopic (exact) mass is 302 g/mol. The third-order valence-electron chi connectivity index (χ3n) is 3.89. The Morgan fingerprint density at radius 2 is 1.80 bits per heavy atom. The first kappa shape index (κ1) is 16.7. The van der Waals surface area contributed by atoms with E-state index in [0.717, 1.165) is 0 Å². The van der Waals surface area contributed by atoms with E-state index in [0.29, 0.717) is 19.3 Å². The number of nitrogens with one attached hydrogen (secondary N) is 1. The highest BCUT2D eigenvalue weighted by Gasteiger charge is 2.31. The highest BCUT2D eigenvalue weighted by molar-refractivity contribution is 7.89. The van der Waals surface area contributed by atoms with Gasteiger partial charge in [-0.1, -0.05) is 20.8 Å². The van der Waals surface area contributed by atoms with E-state index in [1.165, 1.54) is 23.9 Å². The number of nitrogens with zero attached hydrogens (tertiary/aromatic N) is 1. The fourth-order valence-electron chi connectivity index (χ4n) is 2.20. The van der Waals surface area contributed by atoms with Gasteiger partial charge in [-0.15, -0.1) is 0 Å². The van der Waals surface area contributed by atoms with Gasteiger partial charge in [-0.25, -0.2) is 17.9 Å². The number of carbonyl (C=O) groups is 1. The molecule has 0 bridgehead atoms. The van der Waals surface area contributed by atoms with Crippen LogP contribution in [0.2, 0.25) is 0 Å². The van der Waals surface area contributed by atoms with Crippen LogP contribution in [0.4, 0.5) is 0 Å². The van der Waals surface area contributed by atoms with Crippen LogP contribution >= 0.6 is 0 Å². The van der Waals surface area contributed by atoms with Crippen molar-refractivity contribution in [3.63, 3.8) is 0 Å². The van der Waals surface area contributed by atoms with Gasteiger partial charge in [-0.2, -0.15) is 0 Å². The summed E-state index contributed by atoms with van der Waals surface area (Å²) in [7, 11) is -2.21. The molecule has 1 aromatic rings. The molecule has 1 rings (SSSR count). The summed E-state index contributed by atoms with van der Waals surface area (Å²) in [6, 6.07) is 1.18. The SMILES string of the molecule is CCC(CC)(CC)NS(=O)(=O)c1cc(C(=O)O)n(C)c1. The van der Waals surface area contributed by atoms with Crippen LogP contribution in [-0.4, -0.2) is 29.6 Å². The van der Waals surface area contributed by atoms with Crippen molar-refractivity contribution in [3.05, 3.63) is 18.0 Å². The van der Waals surface area contributed by atoms with Crippen LogP contribution in [0.25, 0.3) is 0 Å². The van der Waals surface area contributed by atoms with Gasteiger partial charge in [-0.05, 0) is 25.3 Å². The van der Waals surface area contributed by atoms with Crippen molar-refractivity contribution in [2.45, 2.75) is 50.5 Å². The normalized spacial score (nSPS) is 12.6. The van der Waals surface area contributed by atoms with Gasteiger partial charge >= 0.3 is 5.97 Å². The molecular formula is C13H22N2O4S. The molecule has 6 nitrogen and oxygen atoms in total. The maximum Gasteiger partial charge on any atom is 0.352 e. The molecule has 0 atom stereocenters. The van der Waals surface area contributed by atoms with Gasteiger partial charge < -0.3 is 9.67 Å². The first-order chi connectivity index (χ1) is 9.21. The summed E-state index contributed by atoms with van der Waals surface area (Å²) in [4.78, 5) is 11.0. The summed E-state index contributed by atoms with van der Waals surface area (Å²) >= 11 is 0. The zero-order valence-electron chi connectivity index (χ0n) is 12.3. The van der Waals surface area contributed by atoms with Crippen LogP contribution in [0.5, 0.6) is 0 Å². The molecule has 0 aromatic carbocycles. The Bertz CT molecular complexity index is 577. The summed E-state index contributed by atoms with van der Waals surface area (Å²) in [5, 5.41) is 8.98. The number of sulfonamides is 1. The predicted molar refractivity (Wildman–Crippen MR) is 76.3 cm³/mol. The van der Waals surface area contributed by atoms with Crippen LogP contribution in [-0.2, 0) is 17.1 Å². The third-order valence-corrected chi connectivity index (χ3v) is 5.44. The summed E-state index contributed by atoms with van der Waals surface area (Å²) < 4.78 is 28.8. The van der Waals surface area contributed by atoms with Crippen LogP contribution in [0, 0.1) is 0 Å². The third kappa shape index (κ3) is 3.21. The first-order valence-corrected chi connectivity index (χ1v) is 8.13. The fourth-order valence-corrected chi connectivity index (χ4v) is 3.89. The minimum Gasteiger partial charge on any atom is -0.477 e. The Morgan fingerprint density at radius 1 is 1.30 bits per heavy atom. The van der Waals surface area contributed by atoms with E-state index in [1.54, 1.807) is 0 Å². The predicted octanol–water partition coefficient (Wildman–Crippen LogP) is 1.97. The molecule has 0 saturated carbocycles. The Balaban J connectivity index is 3.17. The molecule has 1 aromatic heterocycles. The highest BCUT2D eigenvalue weighted by atomic mass is 32.2. The second-order valence-corrected chi connectivity index (χ2v) is 6.61. The van der Waals surface area contributed by atoms with Crippen molar-refractivity contribution in [2.75, 3.05) is 0 Å². The molecule has 0 spiro atoms. The molecule has 0 fully saturated rings. The van der Waals surface area contributed by atoms with Gasteiger partial charge in [0, 0.05) is 18.8 Å². The molecule has 20 heavy (non-hydrogen) atoms. The topological polar surface area (TPSA) is 88.4 Å². The largest absolute Gasteiger partial charge is 0.477 e. The molecule has 0 aliphatic carbocycles. The number of carboxylic acid groups (broad SMARTS) is 1. The number of aromatic nitrogens is 1. The zero-order valence-corrected chi connectivity index (χ0v) is 13.1. The highest BCUT2D eigenvalue weighted by Crippen LogP contribution is 2.23. The van der Waals surface area contributed by atoms with Gasteiger partial charge in [-0.3, -0.25) is 0 Å². The molecule has 0 unspecified atom stereocenters. The molecule has 0 saturated heterocycles. The summed E-state index contributed by atoms with van der Waals surface area (Å²) in [6.07, 6.45) is 3.35. The molecule has 2 N–H and O–H groups in total. The number of aromatic carboxylic acids is 1. The van der Waals surface area contributed by atoms with Gasteiger partial charge in [0.05, 0.1) is 0 Å².